The second-order valence-corrected chi connectivity index (χ2v) is 7.71. The molecule has 3 aromatic carbocycles. The van der Waals surface area contributed by atoms with Gasteiger partial charge in [-0.1, -0.05) is 41.6 Å². The first-order chi connectivity index (χ1) is 16.6. The van der Waals surface area contributed by atoms with Crippen molar-refractivity contribution < 1.29 is 19.2 Å². The maximum absolute atomic E-state index is 12.8. The summed E-state index contributed by atoms with van der Waals surface area (Å²) in [5, 5.41) is 14.7. The number of hydrogen-bond donors (Lipinski definition) is 2. The lowest BCUT2D eigenvalue weighted by Gasteiger charge is -2.10. The van der Waals surface area contributed by atoms with Gasteiger partial charge in [-0.05, 0) is 61.2 Å². The molecule has 0 aliphatic heterocycles. The van der Waals surface area contributed by atoms with Crippen molar-refractivity contribution in [3.05, 3.63) is 106 Å². The molecule has 1 aromatic heterocycles. The van der Waals surface area contributed by atoms with Crippen LogP contribution in [0.3, 0.4) is 0 Å². The summed E-state index contributed by atoms with van der Waals surface area (Å²) in [5.41, 5.74) is 1.99. The molecule has 4 rings (SSSR count). The van der Waals surface area contributed by atoms with Crippen LogP contribution in [-0.2, 0) is 6.42 Å². The Labute approximate surface area is 196 Å². The van der Waals surface area contributed by atoms with Crippen molar-refractivity contribution in [2.24, 2.45) is 5.16 Å². The highest BCUT2D eigenvalue weighted by atomic mass is 16.5. The van der Waals surface area contributed by atoms with E-state index in [1.165, 1.54) is 11.6 Å². The molecule has 0 aliphatic carbocycles. The molecule has 2 N–H and O–H groups in total. The predicted molar refractivity (Wildman–Crippen MR) is 131 cm³/mol. The summed E-state index contributed by atoms with van der Waals surface area (Å²) in [6, 6.07) is 23.3. The van der Waals surface area contributed by atoms with Gasteiger partial charge in [0, 0.05) is 11.6 Å². The van der Waals surface area contributed by atoms with E-state index in [-0.39, 0.29) is 22.7 Å². The fourth-order valence-electron chi connectivity index (χ4n) is 3.58. The number of benzene rings is 3. The number of carbonyl (C=O) groups excluding carboxylic acids is 1. The molecule has 0 spiro atoms. The number of nitrogens with one attached hydrogen (secondary N) is 1. The van der Waals surface area contributed by atoms with E-state index >= 15 is 0 Å². The molecule has 0 unspecified atom stereocenters. The second kappa shape index (κ2) is 11.0. The Morgan fingerprint density at radius 1 is 1.00 bits per heavy atom. The predicted octanol–water partition coefficient (Wildman–Crippen LogP) is 5.26. The summed E-state index contributed by atoms with van der Waals surface area (Å²) in [6.45, 7) is 0.604. The zero-order valence-corrected chi connectivity index (χ0v) is 18.4. The Hall–Kier alpha value is -4.39. The van der Waals surface area contributed by atoms with E-state index in [4.69, 9.17) is 14.4 Å². The number of fused-ring (bicyclic) bond motifs is 1. The molecule has 0 saturated carbocycles. The average molecular weight is 456 g/mol. The van der Waals surface area contributed by atoms with Crippen molar-refractivity contribution in [1.29, 1.82) is 0 Å². The average Bonchev–Trinajstić information content (AvgIpc) is 2.85. The lowest BCUT2D eigenvalue weighted by Crippen LogP contribution is -2.13. The highest BCUT2D eigenvalue weighted by Gasteiger charge is 2.12. The molecule has 0 radical (unpaired) electrons. The van der Waals surface area contributed by atoms with Gasteiger partial charge >= 0.3 is 0 Å². The van der Waals surface area contributed by atoms with Crippen LogP contribution in [-0.4, -0.2) is 23.9 Å². The van der Waals surface area contributed by atoms with E-state index in [9.17, 15) is 9.59 Å². The van der Waals surface area contributed by atoms with Crippen LogP contribution in [0.5, 0.6) is 5.75 Å². The topological polar surface area (TPSA) is 101 Å². The summed E-state index contributed by atoms with van der Waals surface area (Å²) in [4.78, 5) is 25.0. The molecular formula is C27H24N2O5. The van der Waals surface area contributed by atoms with E-state index in [1.807, 2.05) is 18.2 Å². The van der Waals surface area contributed by atoms with E-state index in [0.29, 0.717) is 29.0 Å². The zero-order chi connectivity index (χ0) is 23.8. The van der Waals surface area contributed by atoms with Gasteiger partial charge in [0.15, 0.2) is 16.8 Å². The van der Waals surface area contributed by atoms with Crippen LogP contribution in [0.1, 0.15) is 34.5 Å². The SMILES string of the molecule is O=C(Nc1cccc2c(=O)cc(/C=N/O)oc12)c1ccc(OCCCCc2ccccc2)cc1. The van der Waals surface area contributed by atoms with Crippen molar-refractivity contribution in [2.45, 2.75) is 19.3 Å². The highest BCUT2D eigenvalue weighted by molar-refractivity contribution is 6.08. The van der Waals surface area contributed by atoms with Crippen molar-refractivity contribution in [1.82, 2.24) is 0 Å². The number of nitrogens with zero attached hydrogens (tertiary/aromatic N) is 1. The molecule has 172 valence electrons. The fraction of sp³-hybridized carbons (Fsp3) is 0.148. The van der Waals surface area contributed by atoms with Gasteiger partial charge in [-0.3, -0.25) is 9.59 Å². The quantitative estimate of drug-likeness (QED) is 0.155. The minimum atomic E-state index is -0.356. The number of amides is 1. The molecule has 1 amide bonds. The molecule has 0 atom stereocenters. The smallest absolute Gasteiger partial charge is 0.255 e. The summed E-state index contributed by atoms with van der Waals surface area (Å²) in [6.07, 6.45) is 4.01. The third-order valence-corrected chi connectivity index (χ3v) is 5.29. The maximum Gasteiger partial charge on any atom is 0.255 e. The van der Waals surface area contributed by atoms with Gasteiger partial charge in [-0.2, -0.15) is 0 Å². The van der Waals surface area contributed by atoms with Gasteiger partial charge in [0.05, 0.1) is 17.7 Å². The van der Waals surface area contributed by atoms with Crippen LogP contribution in [0.4, 0.5) is 5.69 Å². The van der Waals surface area contributed by atoms with E-state index in [1.54, 1.807) is 42.5 Å². The summed E-state index contributed by atoms with van der Waals surface area (Å²) in [5.74, 6) is 0.415. The molecule has 0 bridgehead atoms. The zero-order valence-electron chi connectivity index (χ0n) is 18.4. The molecule has 1 heterocycles. The number of hydrogen-bond acceptors (Lipinski definition) is 6. The first kappa shape index (κ1) is 22.8. The van der Waals surface area contributed by atoms with Crippen molar-refractivity contribution >= 4 is 28.8 Å². The third kappa shape index (κ3) is 5.69. The number of ether oxygens (including phenoxy) is 1. The van der Waals surface area contributed by atoms with Gasteiger partial charge in [0.2, 0.25) is 0 Å². The Bertz CT molecular complexity index is 1350. The van der Waals surface area contributed by atoms with Crippen molar-refractivity contribution in [3.8, 4) is 5.75 Å². The van der Waals surface area contributed by atoms with Gasteiger partial charge in [-0.15, -0.1) is 0 Å². The Kier molecular flexibility index (Phi) is 7.35. The Morgan fingerprint density at radius 2 is 1.79 bits per heavy atom. The minimum Gasteiger partial charge on any atom is -0.494 e. The van der Waals surface area contributed by atoms with E-state index in [0.717, 1.165) is 25.5 Å². The Balaban J connectivity index is 1.36. The number of unbranched alkanes of at least 4 members (excludes halogenated alkanes) is 1. The first-order valence-electron chi connectivity index (χ1n) is 11.0. The standard InChI is InChI=1S/C27H24N2O5/c30-25-17-22(18-28-32)34-26-23(25)10-6-11-24(26)29-27(31)20-12-14-21(15-13-20)33-16-5-4-9-19-7-2-1-3-8-19/h1-3,6-8,10-15,17-18,32H,4-5,9,16H2,(H,29,31)/b28-18+. The number of anilines is 1. The lowest BCUT2D eigenvalue weighted by atomic mass is 10.1. The summed E-state index contributed by atoms with van der Waals surface area (Å²) < 4.78 is 11.4. The number of oxime groups is 1. The Morgan fingerprint density at radius 3 is 2.56 bits per heavy atom. The van der Waals surface area contributed by atoms with Gasteiger partial charge in [0.1, 0.15) is 12.0 Å². The molecule has 7 nitrogen and oxygen atoms in total. The highest BCUT2D eigenvalue weighted by Crippen LogP contribution is 2.23. The number of para-hydroxylation sites is 1. The van der Waals surface area contributed by atoms with Crippen LogP contribution < -0.4 is 15.5 Å². The van der Waals surface area contributed by atoms with Crippen LogP contribution in [0.15, 0.2) is 93.2 Å². The number of carbonyl (C=O) groups is 1. The third-order valence-electron chi connectivity index (χ3n) is 5.29. The fourth-order valence-corrected chi connectivity index (χ4v) is 3.58. The van der Waals surface area contributed by atoms with E-state index in [2.05, 4.69) is 22.6 Å². The molecule has 4 aromatic rings. The van der Waals surface area contributed by atoms with E-state index < -0.39 is 0 Å². The van der Waals surface area contributed by atoms with Crippen LogP contribution in [0.25, 0.3) is 11.0 Å². The van der Waals surface area contributed by atoms with Crippen LogP contribution >= 0.6 is 0 Å². The summed E-state index contributed by atoms with van der Waals surface area (Å²) >= 11 is 0. The number of rotatable bonds is 9. The maximum atomic E-state index is 12.8. The number of aryl methyl sites for hydroxylation is 1. The van der Waals surface area contributed by atoms with Crippen LogP contribution in [0.2, 0.25) is 0 Å². The molecule has 0 saturated heterocycles. The van der Waals surface area contributed by atoms with Gasteiger partial charge in [0.25, 0.3) is 5.91 Å². The largest absolute Gasteiger partial charge is 0.494 e. The normalized spacial score (nSPS) is 11.1. The minimum absolute atomic E-state index is 0.0759. The summed E-state index contributed by atoms with van der Waals surface area (Å²) in [7, 11) is 0. The molecular weight excluding hydrogens is 432 g/mol. The van der Waals surface area contributed by atoms with Crippen molar-refractivity contribution in [3.63, 3.8) is 0 Å². The van der Waals surface area contributed by atoms with Crippen molar-refractivity contribution in [2.75, 3.05) is 11.9 Å². The van der Waals surface area contributed by atoms with Crippen LogP contribution in [0, 0.1) is 0 Å². The molecule has 0 aliphatic rings. The molecule has 34 heavy (non-hydrogen) atoms. The molecule has 0 fully saturated rings. The lowest BCUT2D eigenvalue weighted by molar-refractivity contribution is 0.102. The monoisotopic (exact) mass is 456 g/mol. The molecule has 7 heteroatoms. The van der Waals surface area contributed by atoms with Gasteiger partial charge in [-0.25, -0.2) is 0 Å². The van der Waals surface area contributed by atoms with Gasteiger partial charge < -0.3 is 19.7 Å². The first-order valence-corrected chi connectivity index (χ1v) is 11.0. The second-order valence-electron chi connectivity index (χ2n) is 7.71.